The largest absolute Gasteiger partial charge is 0.457 e. The minimum atomic E-state index is -4.17. The highest BCUT2D eigenvalue weighted by Crippen LogP contribution is 2.28. The molecule has 2 aromatic carbocycles. The van der Waals surface area contributed by atoms with E-state index in [1.165, 1.54) is 24.3 Å². The van der Waals surface area contributed by atoms with E-state index in [0.29, 0.717) is 5.56 Å². The van der Waals surface area contributed by atoms with Crippen LogP contribution in [0, 0.1) is 10.1 Å². The fraction of sp³-hybridized carbons (Fsp3) is 0.0714. The van der Waals surface area contributed by atoms with Crippen LogP contribution in [0.15, 0.2) is 47.4 Å². The molecule has 118 valence electrons. The number of sulfonamides is 1. The average Bonchev–Trinajstić information content (AvgIpc) is 2.88. The molecule has 0 saturated carbocycles. The predicted octanol–water partition coefficient (Wildman–Crippen LogP) is 2.07. The number of carbonyl (C=O) groups is 1. The molecular weight excluding hydrogens is 324 g/mol. The second-order valence-electron chi connectivity index (χ2n) is 4.78. The van der Waals surface area contributed by atoms with Crippen molar-refractivity contribution >= 4 is 27.4 Å². The third-order valence-electron chi connectivity index (χ3n) is 3.29. The Hall–Kier alpha value is -2.94. The van der Waals surface area contributed by atoms with Gasteiger partial charge in [-0.15, -0.1) is 0 Å². The van der Waals surface area contributed by atoms with Crippen molar-refractivity contribution in [2.45, 2.75) is 11.5 Å². The number of fused-ring (bicyclic) bond motifs is 1. The molecule has 1 aliphatic heterocycles. The van der Waals surface area contributed by atoms with Crippen LogP contribution in [-0.2, 0) is 21.4 Å². The van der Waals surface area contributed by atoms with E-state index in [4.69, 9.17) is 4.74 Å². The molecule has 1 aliphatic rings. The van der Waals surface area contributed by atoms with Crippen molar-refractivity contribution < 1.29 is 22.9 Å². The zero-order valence-electron chi connectivity index (χ0n) is 11.6. The summed E-state index contributed by atoms with van der Waals surface area (Å²) in [6, 6.07) is 9.39. The lowest BCUT2D eigenvalue weighted by molar-refractivity contribution is -0.387. The molecule has 8 nitrogen and oxygen atoms in total. The Balaban J connectivity index is 1.98. The fourth-order valence-electron chi connectivity index (χ4n) is 2.22. The lowest BCUT2D eigenvalue weighted by atomic mass is 10.1. The minimum absolute atomic E-state index is 0.126. The Labute approximate surface area is 130 Å². The number of hydrogen-bond acceptors (Lipinski definition) is 6. The quantitative estimate of drug-likeness (QED) is 0.520. The number of para-hydroxylation sites is 1. The molecule has 0 amide bonds. The van der Waals surface area contributed by atoms with Gasteiger partial charge in [-0.25, -0.2) is 13.2 Å². The Bertz CT molecular complexity index is 923. The summed E-state index contributed by atoms with van der Waals surface area (Å²) >= 11 is 0. The first kappa shape index (κ1) is 15.0. The number of ether oxygens (including phenoxy) is 1. The van der Waals surface area contributed by atoms with E-state index in [1.54, 1.807) is 6.07 Å². The first-order chi connectivity index (χ1) is 10.9. The maximum atomic E-state index is 12.4. The first-order valence-electron chi connectivity index (χ1n) is 6.45. The number of rotatable bonds is 4. The summed E-state index contributed by atoms with van der Waals surface area (Å²) in [5.41, 5.74) is 0.526. The molecule has 0 aromatic heterocycles. The van der Waals surface area contributed by atoms with Crippen LogP contribution in [0.4, 0.5) is 11.4 Å². The van der Waals surface area contributed by atoms with Crippen molar-refractivity contribution in [1.29, 1.82) is 0 Å². The molecule has 2 aromatic rings. The topological polar surface area (TPSA) is 116 Å². The van der Waals surface area contributed by atoms with Gasteiger partial charge in [0.1, 0.15) is 6.61 Å². The number of nitrogens with one attached hydrogen (secondary N) is 1. The summed E-state index contributed by atoms with van der Waals surface area (Å²) in [4.78, 5) is 21.3. The summed E-state index contributed by atoms with van der Waals surface area (Å²) in [5, 5.41) is 11.0. The summed E-state index contributed by atoms with van der Waals surface area (Å²) < 4.78 is 31.8. The Morgan fingerprint density at radius 1 is 1.17 bits per heavy atom. The number of anilines is 1. The molecular formula is C14H10N2O6S. The van der Waals surface area contributed by atoms with Gasteiger partial charge in [-0.1, -0.05) is 18.2 Å². The highest BCUT2D eigenvalue weighted by molar-refractivity contribution is 7.92. The normalized spacial score (nSPS) is 13.3. The number of carbonyl (C=O) groups excluding carboxylic acids is 1. The van der Waals surface area contributed by atoms with E-state index >= 15 is 0 Å². The highest BCUT2D eigenvalue weighted by atomic mass is 32.2. The van der Waals surface area contributed by atoms with Crippen molar-refractivity contribution in [3.05, 3.63) is 63.7 Å². The van der Waals surface area contributed by atoms with Crippen LogP contribution in [0.2, 0.25) is 0 Å². The number of hydrogen-bond donors (Lipinski definition) is 1. The smallest absolute Gasteiger partial charge is 0.338 e. The van der Waals surface area contributed by atoms with Crippen molar-refractivity contribution in [3.63, 3.8) is 0 Å². The monoisotopic (exact) mass is 334 g/mol. The molecule has 0 atom stereocenters. The molecule has 0 unspecified atom stereocenters. The Morgan fingerprint density at radius 2 is 1.91 bits per heavy atom. The standard InChI is InChI=1S/C14H10N2O6S/c17-14-11-7-10(6-5-9(11)8-22-14)15-23(20,21)13-4-2-1-3-12(13)16(18)19/h1-7,15H,8H2. The van der Waals surface area contributed by atoms with Crippen molar-refractivity contribution in [2.75, 3.05) is 4.72 Å². The number of cyclic esters (lactones) is 1. The van der Waals surface area contributed by atoms with Gasteiger partial charge >= 0.3 is 5.97 Å². The van der Waals surface area contributed by atoms with Gasteiger partial charge in [0, 0.05) is 17.3 Å². The van der Waals surface area contributed by atoms with Crippen LogP contribution >= 0.6 is 0 Å². The third kappa shape index (κ3) is 2.73. The van der Waals surface area contributed by atoms with Crippen molar-refractivity contribution in [3.8, 4) is 0 Å². The van der Waals surface area contributed by atoms with E-state index in [9.17, 15) is 23.3 Å². The van der Waals surface area contributed by atoms with E-state index in [2.05, 4.69) is 4.72 Å². The lowest BCUT2D eigenvalue weighted by Crippen LogP contribution is -2.15. The Morgan fingerprint density at radius 3 is 2.65 bits per heavy atom. The van der Waals surface area contributed by atoms with E-state index < -0.39 is 31.5 Å². The van der Waals surface area contributed by atoms with Crippen molar-refractivity contribution in [2.24, 2.45) is 0 Å². The van der Waals surface area contributed by atoms with E-state index in [-0.39, 0.29) is 17.9 Å². The molecule has 0 spiro atoms. The fourth-order valence-corrected chi connectivity index (χ4v) is 3.45. The zero-order chi connectivity index (χ0) is 16.6. The molecule has 23 heavy (non-hydrogen) atoms. The maximum Gasteiger partial charge on any atom is 0.338 e. The van der Waals surface area contributed by atoms with Crippen LogP contribution in [0.25, 0.3) is 0 Å². The van der Waals surface area contributed by atoms with Crippen LogP contribution in [0.3, 0.4) is 0 Å². The maximum absolute atomic E-state index is 12.4. The molecule has 0 radical (unpaired) electrons. The molecule has 1 heterocycles. The molecule has 9 heteroatoms. The number of nitro groups is 1. The van der Waals surface area contributed by atoms with E-state index in [1.807, 2.05) is 0 Å². The van der Waals surface area contributed by atoms with Gasteiger partial charge in [-0.2, -0.15) is 0 Å². The predicted molar refractivity (Wildman–Crippen MR) is 79.5 cm³/mol. The van der Waals surface area contributed by atoms with Gasteiger partial charge in [0.25, 0.3) is 15.7 Å². The van der Waals surface area contributed by atoms with Gasteiger partial charge in [0.15, 0.2) is 4.90 Å². The summed E-state index contributed by atoms with van der Waals surface area (Å²) in [6.45, 7) is 0.144. The molecule has 0 saturated heterocycles. The van der Waals surface area contributed by atoms with Gasteiger partial charge in [0.2, 0.25) is 0 Å². The summed E-state index contributed by atoms with van der Waals surface area (Å²) in [7, 11) is -4.17. The van der Waals surface area contributed by atoms with Crippen LogP contribution in [0.1, 0.15) is 15.9 Å². The zero-order valence-corrected chi connectivity index (χ0v) is 12.4. The van der Waals surface area contributed by atoms with Gasteiger partial charge in [0.05, 0.1) is 10.5 Å². The molecule has 1 N–H and O–H groups in total. The highest BCUT2D eigenvalue weighted by Gasteiger charge is 2.26. The first-order valence-corrected chi connectivity index (χ1v) is 7.93. The minimum Gasteiger partial charge on any atom is -0.457 e. The molecule has 0 aliphatic carbocycles. The summed E-state index contributed by atoms with van der Waals surface area (Å²) in [6.07, 6.45) is 0. The Kier molecular flexibility index (Phi) is 3.49. The van der Waals surface area contributed by atoms with Gasteiger partial charge < -0.3 is 4.74 Å². The molecule has 3 rings (SSSR count). The van der Waals surface area contributed by atoms with Crippen LogP contribution in [-0.4, -0.2) is 19.3 Å². The van der Waals surface area contributed by atoms with Crippen LogP contribution in [0.5, 0.6) is 0 Å². The number of esters is 1. The molecule has 0 fully saturated rings. The summed E-state index contributed by atoms with van der Waals surface area (Å²) in [5.74, 6) is -0.535. The number of nitrogens with zero attached hydrogens (tertiary/aromatic N) is 1. The van der Waals surface area contributed by atoms with Gasteiger partial charge in [-0.3, -0.25) is 14.8 Å². The number of benzene rings is 2. The third-order valence-corrected chi connectivity index (χ3v) is 4.72. The number of nitro benzene ring substituents is 1. The second-order valence-corrected chi connectivity index (χ2v) is 6.43. The molecule has 0 bridgehead atoms. The average molecular weight is 334 g/mol. The van der Waals surface area contributed by atoms with Gasteiger partial charge in [-0.05, 0) is 18.2 Å². The van der Waals surface area contributed by atoms with Crippen molar-refractivity contribution in [1.82, 2.24) is 0 Å². The SMILES string of the molecule is O=C1OCc2ccc(NS(=O)(=O)c3ccccc3[N+](=O)[O-])cc21. The van der Waals surface area contributed by atoms with Crippen LogP contribution < -0.4 is 4.72 Å². The lowest BCUT2D eigenvalue weighted by Gasteiger charge is -2.09. The van der Waals surface area contributed by atoms with E-state index in [0.717, 1.165) is 12.1 Å². The second kappa shape index (κ2) is 5.36.